The van der Waals surface area contributed by atoms with Crippen molar-refractivity contribution in [3.63, 3.8) is 0 Å². The van der Waals surface area contributed by atoms with Crippen molar-refractivity contribution in [1.82, 2.24) is 4.90 Å². The molecule has 5 heteroatoms. The van der Waals surface area contributed by atoms with Gasteiger partial charge in [0, 0.05) is 29.0 Å². The van der Waals surface area contributed by atoms with Crippen LogP contribution in [0.3, 0.4) is 0 Å². The van der Waals surface area contributed by atoms with Gasteiger partial charge in [-0.05, 0) is 37.6 Å². The van der Waals surface area contributed by atoms with Gasteiger partial charge in [-0.25, -0.2) is 0 Å². The molecule has 19 heavy (non-hydrogen) atoms. The van der Waals surface area contributed by atoms with Gasteiger partial charge in [-0.1, -0.05) is 28.1 Å². The molecule has 2 rings (SSSR count). The maximum absolute atomic E-state index is 5.78. The molecule has 1 aliphatic rings. The number of hydrogen-bond acceptors (Lipinski definition) is 3. The fourth-order valence-corrected chi connectivity index (χ4v) is 3.14. The zero-order valence-corrected chi connectivity index (χ0v) is 13.5. The second-order valence-electron chi connectivity index (χ2n) is 4.93. The van der Waals surface area contributed by atoms with Crippen molar-refractivity contribution < 1.29 is 4.74 Å². The Bertz CT molecular complexity index is 467. The number of ether oxygens (including phenoxy) is 1. The Balaban J connectivity index is 2.08. The van der Waals surface area contributed by atoms with Gasteiger partial charge in [0.1, 0.15) is 5.75 Å². The number of methoxy groups -OCH3 is 1. The van der Waals surface area contributed by atoms with Crippen LogP contribution in [0.25, 0.3) is 0 Å². The van der Waals surface area contributed by atoms with E-state index in [1.54, 1.807) is 7.11 Å². The Hall–Kier alpha value is -0.650. The van der Waals surface area contributed by atoms with E-state index in [9.17, 15) is 0 Å². The minimum Gasteiger partial charge on any atom is -0.496 e. The van der Waals surface area contributed by atoms with Gasteiger partial charge in [0.25, 0.3) is 0 Å². The number of benzene rings is 1. The van der Waals surface area contributed by atoms with Gasteiger partial charge in [0.2, 0.25) is 0 Å². The van der Waals surface area contributed by atoms with E-state index >= 15 is 0 Å². The van der Waals surface area contributed by atoms with Crippen LogP contribution in [0.1, 0.15) is 18.4 Å². The maximum Gasteiger partial charge on any atom is 0.123 e. The van der Waals surface area contributed by atoms with Crippen molar-refractivity contribution in [2.75, 3.05) is 20.2 Å². The van der Waals surface area contributed by atoms with E-state index < -0.39 is 0 Å². The summed E-state index contributed by atoms with van der Waals surface area (Å²) in [7, 11) is 1.71. The molecule has 0 aliphatic carbocycles. The minimum absolute atomic E-state index is 0.349. The van der Waals surface area contributed by atoms with E-state index in [0.29, 0.717) is 10.9 Å². The van der Waals surface area contributed by atoms with Crippen LogP contribution in [0.15, 0.2) is 22.7 Å². The molecule has 3 nitrogen and oxygen atoms in total. The number of thiocarbonyl (C=S) groups is 1. The molecule has 1 heterocycles. The van der Waals surface area contributed by atoms with Gasteiger partial charge >= 0.3 is 0 Å². The molecule has 1 fully saturated rings. The fraction of sp³-hybridized carbons (Fsp3) is 0.500. The maximum atomic E-state index is 5.78. The zero-order chi connectivity index (χ0) is 13.8. The Morgan fingerprint density at radius 2 is 2.37 bits per heavy atom. The van der Waals surface area contributed by atoms with Crippen LogP contribution in [0.4, 0.5) is 0 Å². The van der Waals surface area contributed by atoms with Crippen LogP contribution in [-0.2, 0) is 6.54 Å². The third kappa shape index (κ3) is 3.91. The lowest BCUT2D eigenvalue weighted by Crippen LogP contribution is -2.40. The van der Waals surface area contributed by atoms with E-state index in [-0.39, 0.29) is 0 Å². The molecule has 0 radical (unpaired) electrons. The molecule has 104 valence electrons. The first-order valence-electron chi connectivity index (χ1n) is 6.44. The van der Waals surface area contributed by atoms with Crippen molar-refractivity contribution in [3.8, 4) is 5.75 Å². The highest BCUT2D eigenvalue weighted by Crippen LogP contribution is 2.26. The summed E-state index contributed by atoms with van der Waals surface area (Å²) in [5.41, 5.74) is 6.97. The first-order valence-corrected chi connectivity index (χ1v) is 7.64. The van der Waals surface area contributed by atoms with Crippen LogP contribution in [0.2, 0.25) is 0 Å². The Morgan fingerprint density at radius 3 is 3.05 bits per heavy atom. The highest BCUT2D eigenvalue weighted by Gasteiger charge is 2.22. The molecule has 0 amide bonds. The van der Waals surface area contributed by atoms with Crippen LogP contribution < -0.4 is 10.5 Å². The van der Waals surface area contributed by atoms with Crippen LogP contribution in [-0.4, -0.2) is 30.1 Å². The molecule has 1 unspecified atom stereocenters. The minimum atomic E-state index is 0.349. The molecule has 1 aromatic rings. The van der Waals surface area contributed by atoms with Crippen molar-refractivity contribution in [2.24, 2.45) is 11.7 Å². The molecule has 0 aromatic heterocycles. The van der Waals surface area contributed by atoms with Crippen LogP contribution in [0.5, 0.6) is 5.75 Å². The van der Waals surface area contributed by atoms with Gasteiger partial charge in [-0.15, -0.1) is 0 Å². The molecule has 1 aromatic carbocycles. The van der Waals surface area contributed by atoms with E-state index in [0.717, 1.165) is 42.7 Å². The summed E-state index contributed by atoms with van der Waals surface area (Å²) < 4.78 is 6.49. The van der Waals surface area contributed by atoms with Crippen molar-refractivity contribution >= 4 is 33.1 Å². The molecular formula is C14H19BrN2OS. The number of nitrogens with two attached hydrogens (primary N) is 1. The average Bonchev–Trinajstić information content (AvgIpc) is 2.39. The monoisotopic (exact) mass is 342 g/mol. The Kier molecular flexibility index (Phi) is 5.19. The lowest BCUT2D eigenvalue weighted by molar-refractivity contribution is 0.195. The third-order valence-corrected chi connectivity index (χ3v) is 4.37. The lowest BCUT2D eigenvalue weighted by Gasteiger charge is -2.32. The number of nitrogens with zero attached hydrogens (tertiary/aromatic N) is 1. The largest absolute Gasteiger partial charge is 0.496 e. The summed E-state index contributed by atoms with van der Waals surface area (Å²) in [5, 5.41) is 0. The first-order chi connectivity index (χ1) is 9.10. The number of hydrogen-bond donors (Lipinski definition) is 1. The van der Waals surface area contributed by atoms with Gasteiger partial charge in [0.05, 0.1) is 12.1 Å². The van der Waals surface area contributed by atoms with E-state index in [1.165, 1.54) is 5.56 Å². The molecule has 0 bridgehead atoms. The molecule has 1 atom stereocenters. The predicted octanol–water partition coefficient (Wildman–Crippen LogP) is 2.96. The number of rotatable bonds is 4. The highest BCUT2D eigenvalue weighted by atomic mass is 79.9. The van der Waals surface area contributed by atoms with Gasteiger partial charge in [-0.3, -0.25) is 4.90 Å². The smallest absolute Gasteiger partial charge is 0.123 e. The van der Waals surface area contributed by atoms with Crippen molar-refractivity contribution in [3.05, 3.63) is 28.2 Å². The normalized spacial score (nSPS) is 20.2. The average molecular weight is 343 g/mol. The van der Waals surface area contributed by atoms with Gasteiger partial charge < -0.3 is 10.5 Å². The molecule has 1 saturated heterocycles. The van der Waals surface area contributed by atoms with Crippen LogP contribution >= 0.6 is 28.1 Å². The van der Waals surface area contributed by atoms with E-state index in [4.69, 9.17) is 22.7 Å². The summed E-state index contributed by atoms with van der Waals surface area (Å²) in [4.78, 5) is 3.04. The quantitative estimate of drug-likeness (QED) is 0.853. The number of piperidine rings is 1. The molecular weight excluding hydrogens is 324 g/mol. The van der Waals surface area contributed by atoms with Crippen LogP contribution in [0, 0.1) is 5.92 Å². The molecule has 0 spiro atoms. The second kappa shape index (κ2) is 6.68. The standard InChI is InChI=1S/C14H19BrN2OS/c1-18-13-5-4-12(15)7-11(13)9-17-6-2-3-10(8-17)14(16)19/h4-5,7,10H,2-3,6,8-9H2,1H3,(H2,16,19). The molecule has 2 N–H and O–H groups in total. The molecule has 0 saturated carbocycles. The summed E-state index contributed by atoms with van der Waals surface area (Å²) >= 11 is 8.63. The zero-order valence-electron chi connectivity index (χ0n) is 11.1. The summed E-state index contributed by atoms with van der Waals surface area (Å²) in [6.07, 6.45) is 2.26. The first kappa shape index (κ1) is 14.8. The van der Waals surface area contributed by atoms with Gasteiger partial charge in [-0.2, -0.15) is 0 Å². The summed E-state index contributed by atoms with van der Waals surface area (Å²) in [6.45, 7) is 2.92. The summed E-state index contributed by atoms with van der Waals surface area (Å²) in [5.74, 6) is 1.28. The SMILES string of the molecule is COc1ccc(Br)cc1CN1CCCC(C(N)=S)C1. The third-order valence-electron chi connectivity index (χ3n) is 3.54. The topological polar surface area (TPSA) is 38.5 Å². The van der Waals surface area contributed by atoms with E-state index in [2.05, 4.69) is 26.9 Å². The highest BCUT2D eigenvalue weighted by molar-refractivity contribution is 9.10. The predicted molar refractivity (Wildman–Crippen MR) is 85.5 cm³/mol. The van der Waals surface area contributed by atoms with Crippen molar-refractivity contribution in [2.45, 2.75) is 19.4 Å². The Labute approximate surface area is 128 Å². The second-order valence-corrected chi connectivity index (χ2v) is 6.32. The summed E-state index contributed by atoms with van der Waals surface area (Å²) in [6, 6.07) is 6.11. The fourth-order valence-electron chi connectivity index (χ4n) is 2.54. The molecule has 1 aliphatic heterocycles. The van der Waals surface area contributed by atoms with Crippen molar-refractivity contribution in [1.29, 1.82) is 0 Å². The lowest BCUT2D eigenvalue weighted by atomic mass is 9.97. The number of halogens is 1. The number of likely N-dealkylation sites (tertiary alicyclic amines) is 1. The van der Waals surface area contributed by atoms with Gasteiger partial charge in [0.15, 0.2) is 0 Å². The van der Waals surface area contributed by atoms with E-state index in [1.807, 2.05) is 12.1 Å². The Morgan fingerprint density at radius 1 is 1.58 bits per heavy atom.